The van der Waals surface area contributed by atoms with Gasteiger partial charge in [0, 0.05) is 25.2 Å². The number of halogens is 2. The highest BCUT2D eigenvalue weighted by Crippen LogP contribution is 2.60. The molecule has 2 aliphatic heterocycles. The number of carbonyl (C=O) groups is 1. The molecule has 8 heteroatoms. The number of fused-ring (bicyclic) bond motifs is 2. The van der Waals surface area contributed by atoms with Gasteiger partial charge in [0.1, 0.15) is 5.75 Å². The first-order valence-electron chi connectivity index (χ1n) is 12.9. The van der Waals surface area contributed by atoms with Crippen LogP contribution in [-0.2, 0) is 21.7 Å². The van der Waals surface area contributed by atoms with E-state index in [0.29, 0.717) is 13.0 Å². The second-order valence-corrected chi connectivity index (χ2v) is 18.0. The third kappa shape index (κ3) is 4.63. The molecule has 5 rings (SSSR count). The van der Waals surface area contributed by atoms with Crippen molar-refractivity contribution in [3.63, 3.8) is 0 Å². The molecule has 0 unspecified atom stereocenters. The van der Waals surface area contributed by atoms with Crippen molar-refractivity contribution >= 4 is 70.0 Å². The molecule has 3 aromatic carbocycles. The summed E-state index contributed by atoms with van der Waals surface area (Å²) in [4.78, 5) is 16.5. The van der Waals surface area contributed by atoms with E-state index in [4.69, 9.17) is 9.47 Å². The van der Waals surface area contributed by atoms with Gasteiger partial charge in [-0.25, -0.2) is 0 Å². The van der Waals surface area contributed by atoms with Crippen LogP contribution in [0.25, 0.3) is 0 Å². The van der Waals surface area contributed by atoms with Crippen LogP contribution in [0.3, 0.4) is 0 Å². The Morgan fingerprint density at radius 2 is 1.68 bits per heavy atom. The van der Waals surface area contributed by atoms with E-state index in [0.717, 1.165) is 26.1 Å². The van der Waals surface area contributed by atoms with Crippen LogP contribution in [0.2, 0.25) is 18.6 Å². The van der Waals surface area contributed by atoms with Crippen molar-refractivity contribution in [2.24, 2.45) is 5.92 Å². The van der Waals surface area contributed by atoms with Crippen LogP contribution in [0, 0.1) is 13.1 Å². The van der Waals surface area contributed by atoms with Crippen molar-refractivity contribution in [2.75, 3.05) is 18.6 Å². The maximum Gasteiger partial charge on any atom is 0.264 e. The number of methoxy groups -OCH3 is 1. The Hall–Kier alpha value is -1.47. The van der Waals surface area contributed by atoms with Crippen LogP contribution in [0.1, 0.15) is 24.5 Å². The van der Waals surface area contributed by atoms with Gasteiger partial charge in [0.15, 0.2) is 5.60 Å². The normalized spacial score (nSPS) is 24.8. The Morgan fingerprint density at radius 1 is 1.03 bits per heavy atom. The maximum absolute atomic E-state index is 14.6. The fourth-order valence-electron chi connectivity index (χ4n) is 6.61. The van der Waals surface area contributed by atoms with Gasteiger partial charge in [-0.05, 0) is 105 Å². The summed E-state index contributed by atoms with van der Waals surface area (Å²) in [6.07, 6.45) is 0.291. The molecule has 0 aromatic heterocycles. The molecule has 1 fully saturated rings. The molecule has 5 nitrogen and oxygen atoms in total. The highest BCUT2D eigenvalue weighted by atomic mass is 127. The number of hydrogen-bond donors (Lipinski definition) is 1. The van der Waals surface area contributed by atoms with Crippen molar-refractivity contribution in [1.29, 1.82) is 0 Å². The summed E-state index contributed by atoms with van der Waals surface area (Å²) >= 11 is 4.62. The van der Waals surface area contributed by atoms with Gasteiger partial charge in [0.25, 0.3) is 5.91 Å². The lowest BCUT2D eigenvalue weighted by atomic mass is 9.82. The molecule has 1 spiro atoms. The molecular weight excluding hydrogens is 720 g/mol. The molecule has 1 amide bonds. The van der Waals surface area contributed by atoms with E-state index in [1.54, 1.807) is 7.11 Å². The number of benzene rings is 3. The lowest BCUT2D eigenvalue weighted by Crippen LogP contribution is -2.51. The summed E-state index contributed by atoms with van der Waals surface area (Å²) in [5.41, 5.74) is 2.03. The van der Waals surface area contributed by atoms with E-state index in [2.05, 4.69) is 120 Å². The summed E-state index contributed by atoms with van der Waals surface area (Å²) in [6.45, 7) is 7.44. The van der Waals surface area contributed by atoms with Crippen molar-refractivity contribution < 1.29 is 19.4 Å². The van der Waals surface area contributed by atoms with Gasteiger partial charge >= 0.3 is 0 Å². The monoisotopic (exact) mass is 753 g/mol. The lowest BCUT2D eigenvalue weighted by molar-refractivity contribution is -0.146. The topological polar surface area (TPSA) is 59.0 Å². The van der Waals surface area contributed by atoms with Crippen LogP contribution < -0.4 is 14.8 Å². The van der Waals surface area contributed by atoms with Crippen molar-refractivity contribution in [3.8, 4) is 5.75 Å². The van der Waals surface area contributed by atoms with E-state index >= 15 is 0 Å². The Kier molecular flexibility index (Phi) is 8.00. The van der Waals surface area contributed by atoms with Gasteiger partial charge in [0.05, 0.1) is 33.5 Å². The zero-order valence-corrected chi connectivity index (χ0v) is 27.4. The minimum atomic E-state index is -2.17. The summed E-state index contributed by atoms with van der Waals surface area (Å²) in [7, 11) is -0.492. The number of amides is 1. The molecule has 1 saturated heterocycles. The quantitative estimate of drug-likeness (QED) is 0.236. The summed E-state index contributed by atoms with van der Waals surface area (Å²) in [5, 5.41) is 11.4. The van der Waals surface area contributed by atoms with Crippen molar-refractivity contribution in [1.82, 2.24) is 0 Å². The van der Waals surface area contributed by atoms with Gasteiger partial charge in [-0.1, -0.05) is 49.5 Å². The van der Waals surface area contributed by atoms with Crippen LogP contribution >= 0.6 is 45.2 Å². The van der Waals surface area contributed by atoms with E-state index in [-0.39, 0.29) is 30.1 Å². The van der Waals surface area contributed by atoms with Gasteiger partial charge in [-0.2, -0.15) is 0 Å². The van der Waals surface area contributed by atoms with Crippen LogP contribution in [0.5, 0.6) is 5.75 Å². The number of aliphatic hydroxyl groups is 1. The lowest BCUT2D eigenvalue weighted by Gasteiger charge is -2.37. The van der Waals surface area contributed by atoms with Crippen molar-refractivity contribution in [3.05, 3.63) is 85.0 Å². The molecular formula is C30H33I2NO4Si. The number of nitrogens with zero attached hydrogens (tertiary/aromatic N) is 1. The van der Waals surface area contributed by atoms with Crippen LogP contribution in [0.4, 0.5) is 5.69 Å². The predicted molar refractivity (Wildman–Crippen MR) is 171 cm³/mol. The number of anilines is 1. The summed E-state index contributed by atoms with van der Waals surface area (Å²) < 4.78 is 14.6. The molecule has 4 atom stereocenters. The molecule has 38 heavy (non-hydrogen) atoms. The fourth-order valence-corrected chi connectivity index (χ4v) is 11.5. The number of aliphatic hydroxyl groups excluding tert-OH is 1. The number of hydrogen-bond acceptors (Lipinski definition) is 4. The molecule has 3 aromatic rings. The van der Waals surface area contributed by atoms with Gasteiger partial charge in [-0.15, -0.1) is 0 Å². The molecule has 0 aliphatic carbocycles. The third-order valence-corrected chi connectivity index (χ3v) is 14.2. The number of carbonyl (C=O) groups excluding carboxylic acids is 1. The molecule has 2 aliphatic rings. The third-order valence-electron chi connectivity index (χ3n) is 8.47. The van der Waals surface area contributed by atoms with Gasteiger partial charge in [-0.3, -0.25) is 4.79 Å². The molecule has 0 saturated carbocycles. The first kappa shape index (κ1) is 28.1. The zero-order chi connectivity index (χ0) is 27.2. The fraction of sp³-hybridized carbons (Fsp3) is 0.367. The molecule has 200 valence electrons. The smallest absolute Gasteiger partial charge is 0.264 e. The average Bonchev–Trinajstić information content (AvgIpc) is 3.32. The standard InChI is InChI=1S/C30H33I2NO4Si/c1-19-28(38(3,4)24-12-10-23(36-2)11-13-24)27(15-16-34)37-30(19)25-17-22(32)9-14-26(25)33(29(30)35)18-20-5-7-21(31)8-6-20/h5-14,17,19,27-28,34H,15-16,18H2,1-4H3/t19-,27+,28-,30+/m1/s1. The largest absolute Gasteiger partial charge is 0.497 e. The SMILES string of the molecule is COc1ccc([Si](C)(C)[C@H]2[C@H](CCO)O[C@@]3(C(=O)N(Cc4ccc(I)cc4)c4ccc(I)cc43)[C@@H]2C)cc1. The van der Waals surface area contributed by atoms with E-state index in [9.17, 15) is 9.90 Å². The maximum atomic E-state index is 14.6. The summed E-state index contributed by atoms with van der Waals surface area (Å²) in [5.74, 6) is 0.776. The Labute approximate surface area is 253 Å². The number of rotatable bonds is 7. The van der Waals surface area contributed by atoms with Crippen molar-refractivity contribution in [2.45, 2.75) is 50.2 Å². The predicted octanol–water partition coefficient (Wildman–Crippen LogP) is 6.05. The molecule has 0 radical (unpaired) electrons. The van der Waals surface area contributed by atoms with E-state index < -0.39 is 13.7 Å². The Balaban J connectivity index is 1.60. The highest BCUT2D eigenvalue weighted by molar-refractivity contribution is 14.1. The highest BCUT2D eigenvalue weighted by Gasteiger charge is 2.66. The van der Waals surface area contributed by atoms with Crippen LogP contribution in [0.15, 0.2) is 66.7 Å². The van der Waals surface area contributed by atoms with Gasteiger partial charge in [0.2, 0.25) is 0 Å². The Bertz CT molecular complexity index is 1330. The van der Waals surface area contributed by atoms with E-state index in [1.165, 1.54) is 8.76 Å². The first-order valence-corrected chi connectivity index (χ1v) is 18.2. The minimum Gasteiger partial charge on any atom is -0.497 e. The first-order chi connectivity index (χ1) is 18.1. The number of ether oxygens (including phenoxy) is 2. The Morgan fingerprint density at radius 3 is 2.32 bits per heavy atom. The van der Waals surface area contributed by atoms with Crippen LogP contribution in [-0.4, -0.2) is 38.9 Å². The second kappa shape index (κ2) is 10.8. The molecule has 0 bridgehead atoms. The second-order valence-electron chi connectivity index (χ2n) is 10.8. The average molecular weight is 753 g/mol. The summed E-state index contributed by atoms with van der Waals surface area (Å²) in [6, 6.07) is 22.9. The molecule has 2 heterocycles. The molecule has 1 N–H and O–H groups in total. The zero-order valence-electron chi connectivity index (χ0n) is 22.1. The van der Waals surface area contributed by atoms with E-state index in [1.807, 2.05) is 17.0 Å². The van der Waals surface area contributed by atoms with Gasteiger partial charge < -0.3 is 19.5 Å². The minimum absolute atomic E-state index is 0.00511.